The molecule has 1 amide bonds. The largest absolute Gasteiger partial charge is 0.489 e. The van der Waals surface area contributed by atoms with Gasteiger partial charge in [0.2, 0.25) is 16.4 Å². The first-order valence-electron chi connectivity index (χ1n) is 20.9. The van der Waals surface area contributed by atoms with Crippen LogP contribution in [-0.4, -0.2) is 99.8 Å². The molecule has 4 aromatic rings. The van der Waals surface area contributed by atoms with Crippen LogP contribution in [0, 0.1) is 5.92 Å². The summed E-state index contributed by atoms with van der Waals surface area (Å²) in [6.45, 7) is 5.69. The Labute approximate surface area is 368 Å². The molecule has 0 bridgehead atoms. The van der Waals surface area contributed by atoms with Gasteiger partial charge < -0.3 is 43.4 Å². The molecule has 1 unspecified atom stereocenters. The normalized spacial score (nSPS) is 19.5. The molecule has 2 saturated heterocycles. The van der Waals surface area contributed by atoms with Crippen LogP contribution in [0.3, 0.4) is 0 Å². The van der Waals surface area contributed by atoms with Gasteiger partial charge in [0.25, 0.3) is 0 Å². The molecule has 0 radical (unpaired) electrons. The van der Waals surface area contributed by atoms with Crippen LogP contribution in [0.4, 0.5) is 4.79 Å². The maximum Gasteiger partial charge on any atom is 0.417 e. The number of hydrogen-bond acceptors (Lipinski definition) is 14. The highest BCUT2D eigenvalue weighted by Crippen LogP contribution is 2.49. The Bertz CT molecular complexity index is 2220. The minimum Gasteiger partial charge on any atom is -0.489 e. The Balaban J connectivity index is 1.15. The maximum absolute atomic E-state index is 14.0. The number of nitrogens with one attached hydrogen (secondary N) is 1. The highest BCUT2D eigenvalue weighted by atomic mass is 32.2. The molecule has 0 spiro atoms. The summed E-state index contributed by atoms with van der Waals surface area (Å²) in [6.07, 6.45) is -3.81. The fourth-order valence-corrected chi connectivity index (χ4v) is 10.1. The first kappa shape index (κ1) is 47.5. The van der Waals surface area contributed by atoms with Gasteiger partial charge in [-0.1, -0.05) is 67.6 Å². The van der Waals surface area contributed by atoms with Crippen molar-refractivity contribution in [2.45, 2.75) is 82.2 Å². The van der Waals surface area contributed by atoms with E-state index in [1.165, 1.54) is 23.4 Å². The van der Waals surface area contributed by atoms with Gasteiger partial charge in [0.1, 0.15) is 30.0 Å². The molecule has 0 aromatic heterocycles. The fourth-order valence-electron chi connectivity index (χ4n) is 7.04. The average Bonchev–Trinajstić information content (AvgIpc) is 3.91. The lowest BCUT2D eigenvalue weighted by atomic mass is 10.0. The lowest BCUT2D eigenvalue weighted by molar-refractivity contribution is -0.150. The van der Waals surface area contributed by atoms with Crippen LogP contribution >= 0.6 is 7.60 Å². The van der Waals surface area contributed by atoms with Crippen LogP contribution in [0.25, 0.3) is 0 Å². The van der Waals surface area contributed by atoms with Crippen LogP contribution in [0.15, 0.2) is 114 Å². The number of rotatable bonds is 23. The molecule has 2 aliphatic heterocycles. The zero-order valence-corrected chi connectivity index (χ0v) is 37.2. The second-order valence-corrected chi connectivity index (χ2v) is 18.8. The summed E-state index contributed by atoms with van der Waals surface area (Å²) in [6, 6.07) is 29.5. The Morgan fingerprint density at radius 2 is 1.54 bits per heavy atom. The van der Waals surface area contributed by atoms with Gasteiger partial charge in [-0.25, -0.2) is 22.6 Å². The van der Waals surface area contributed by atoms with E-state index in [-0.39, 0.29) is 55.0 Å². The van der Waals surface area contributed by atoms with Gasteiger partial charge in [-0.05, 0) is 92.8 Å². The standard InChI is InChI=1S/C45H55N2O14PS/c1-4-25-47(63(52,53)38-22-20-35(21-23-38)56-29-34-12-8-6-9-13-34)28-41(48)40(46-45(50)59-42-30-57-44-39(42)24-26-55-44)27-33-16-18-36(19-17-33)58-31-62(51,60-32(3)43(49)54-5-2)61-37-14-10-7-11-15-37/h6-23,32,39-42,44,48H,4-5,24-31H2,1-3H3,(H,46,50)/t32-,39-,40-,41+,42-,44+,62?/m0/s1. The first-order chi connectivity index (χ1) is 30.4. The molecular weight excluding hydrogens is 856 g/mol. The number of ether oxygens (including phenoxy) is 6. The second kappa shape index (κ2) is 22.6. The van der Waals surface area contributed by atoms with E-state index >= 15 is 0 Å². The van der Waals surface area contributed by atoms with E-state index < -0.39 is 66.7 Å². The highest BCUT2D eigenvalue weighted by Gasteiger charge is 2.44. The van der Waals surface area contributed by atoms with Crippen molar-refractivity contribution in [3.63, 3.8) is 0 Å². The zero-order valence-electron chi connectivity index (χ0n) is 35.5. The number of aliphatic hydroxyl groups excluding tert-OH is 1. The molecule has 2 heterocycles. The quantitative estimate of drug-likeness (QED) is 0.0589. The van der Waals surface area contributed by atoms with Crippen molar-refractivity contribution in [1.29, 1.82) is 0 Å². The molecule has 0 saturated carbocycles. The third-order valence-electron chi connectivity index (χ3n) is 10.3. The van der Waals surface area contributed by atoms with E-state index in [9.17, 15) is 27.7 Å². The maximum atomic E-state index is 14.0. The van der Waals surface area contributed by atoms with Crippen molar-refractivity contribution >= 4 is 29.7 Å². The number of para-hydroxylation sites is 1. The predicted molar refractivity (Wildman–Crippen MR) is 231 cm³/mol. The Morgan fingerprint density at radius 1 is 0.873 bits per heavy atom. The molecule has 2 fully saturated rings. The van der Waals surface area contributed by atoms with Gasteiger partial charge in [0.05, 0.1) is 42.8 Å². The van der Waals surface area contributed by atoms with Crippen LogP contribution in [0.1, 0.15) is 44.7 Å². The number of esters is 1. The van der Waals surface area contributed by atoms with Crippen LogP contribution in [0.5, 0.6) is 17.2 Å². The van der Waals surface area contributed by atoms with Crippen molar-refractivity contribution in [2.75, 3.05) is 39.3 Å². The molecule has 0 aliphatic carbocycles. The van der Waals surface area contributed by atoms with E-state index in [2.05, 4.69) is 5.32 Å². The van der Waals surface area contributed by atoms with E-state index in [0.29, 0.717) is 37.4 Å². The second-order valence-electron chi connectivity index (χ2n) is 15.0. The van der Waals surface area contributed by atoms with Crippen molar-refractivity contribution < 1.29 is 65.1 Å². The van der Waals surface area contributed by atoms with Crippen LogP contribution in [0.2, 0.25) is 0 Å². The number of sulfonamides is 1. The number of benzene rings is 4. The lowest BCUT2D eigenvalue weighted by Gasteiger charge is -2.30. The molecule has 18 heteroatoms. The van der Waals surface area contributed by atoms with Crippen molar-refractivity contribution in [1.82, 2.24) is 9.62 Å². The number of alkyl carbamates (subject to hydrolysis) is 1. The summed E-state index contributed by atoms with van der Waals surface area (Å²) in [5.41, 5.74) is 1.60. The number of aliphatic hydroxyl groups is 1. The minimum atomic E-state index is -4.11. The Morgan fingerprint density at radius 3 is 2.22 bits per heavy atom. The summed E-state index contributed by atoms with van der Waals surface area (Å²) in [5.74, 6) is 0.179. The van der Waals surface area contributed by atoms with Crippen molar-refractivity contribution in [3.8, 4) is 17.2 Å². The van der Waals surface area contributed by atoms with Gasteiger partial charge in [-0.3, -0.25) is 4.52 Å². The summed E-state index contributed by atoms with van der Waals surface area (Å²) in [7, 11) is -8.20. The molecule has 4 aromatic carbocycles. The predicted octanol–water partition coefficient (Wildman–Crippen LogP) is 6.70. The zero-order chi connectivity index (χ0) is 44.8. The number of hydrogen-bond donors (Lipinski definition) is 2. The number of amides is 1. The molecule has 7 atom stereocenters. The van der Waals surface area contributed by atoms with Gasteiger partial charge in [0.15, 0.2) is 12.4 Å². The van der Waals surface area contributed by atoms with E-state index in [1.807, 2.05) is 37.3 Å². The third-order valence-corrected chi connectivity index (χ3v) is 13.7. The van der Waals surface area contributed by atoms with E-state index in [4.69, 9.17) is 37.5 Å². The van der Waals surface area contributed by atoms with Gasteiger partial charge in [-0.15, -0.1) is 0 Å². The smallest absolute Gasteiger partial charge is 0.417 e. The molecule has 6 rings (SSSR count). The lowest BCUT2D eigenvalue weighted by Crippen LogP contribution is -2.51. The summed E-state index contributed by atoms with van der Waals surface area (Å²) >= 11 is 0. The number of nitrogens with zero attached hydrogens (tertiary/aromatic N) is 1. The number of carbonyl (C=O) groups excluding carboxylic acids is 2. The van der Waals surface area contributed by atoms with Crippen LogP contribution in [-0.2, 0) is 55.9 Å². The Hall–Kier alpha value is -5.00. The molecule has 63 heavy (non-hydrogen) atoms. The highest BCUT2D eigenvalue weighted by molar-refractivity contribution is 7.89. The SMILES string of the molecule is CCCN(C[C@@H](O)[C@H](Cc1ccc(OCP(=O)(Oc2ccccc2)O[C@@H](C)C(=O)OCC)cc1)NC(=O)O[C@H]1CO[C@H]2OCC[C@H]21)S(=O)(=O)c1ccc(OCc2ccccc2)cc1. The summed E-state index contributed by atoms with van der Waals surface area (Å²) in [5, 5.41) is 14.6. The monoisotopic (exact) mass is 910 g/mol. The van der Waals surface area contributed by atoms with Gasteiger partial charge in [0, 0.05) is 13.1 Å². The van der Waals surface area contributed by atoms with Crippen LogP contribution < -0.4 is 19.3 Å². The van der Waals surface area contributed by atoms with Gasteiger partial charge in [-0.2, -0.15) is 4.31 Å². The molecule has 340 valence electrons. The minimum absolute atomic E-state index is 0.0174. The summed E-state index contributed by atoms with van der Waals surface area (Å²) < 4.78 is 88.2. The average molecular weight is 911 g/mol. The van der Waals surface area contributed by atoms with Crippen molar-refractivity contribution in [2.24, 2.45) is 5.92 Å². The Kier molecular flexibility index (Phi) is 17.0. The van der Waals surface area contributed by atoms with Crippen molar-refractivity contribution in [3.05, 3.63) is 120 Å². The fraction of sp³-hybridized carbons (Fsp3) is 0.422. The third kappa shape index (κ3) is 13.5. The van der Waals surface area contributed by atoms with E-state index in [0.717, 1.165) is 5.56 Å². The first-order valence-corrected chi connectivity index (χ1v) is 24.1. The van der Waals surface area contributed by atoms with E-state index in [1.54, 1.807) is 73.7 Å². The number of fused-ring (bicyclic) bond motifs is 1. The molecule has 16 nitrogen and oxygen atoms in total. The van der Waals surface area contributed by atoms with Gasteiger partial charge >= 0.3 is 19.7 Å². The summed E-state index contributed by atoms with van der Waals surface area (Å²) in [4.78, 5) is 25.8. The topological polar surface area (TPSA) is 195 Å². The number of carbonyl (C=O) groups is 2. The molecular formula is C45H55N2O14PS. The molecule has 2 N–H and O–H groups in total. The molecule has 2 aliphatic rings.